The Morgan fingerprint density at radius 3 is 2.40 bits per heavy atom. The zero-order chi connectivity index (χ0) is 15.2. The number of amides is 1. The lowest BCUT2D eigenvalue weighted by atomic mass is 10.1. The zero-order valence-electron chi connectivity index (χ0n) is 12.6. The van der Waals surface area contributed by atoms with Crippen molar-refractivity contribution in [2.24, 2.45) is 0 Å². The minimum atomic E-state index is -0.842. The van der Waals surface area contributed by atoms with E-state index in [0.29, 0.717) is 19.6 Å². The van der Waals surface area contributed by atoms with Crippen LogP contribution in [-0.2, 0) is 14.3 Å². The van der Waals surface area contributed by atoms with Gasteiger partial charge in [-0.15, -0.1) is 0 Å². The fraction of sp³-hybridized carbons (Fsp3) is 0.857. The number of aliphatic carboxylic acids is 1. The number of rotatable bonds is 6. The van der Waals surface area contributed by atoms with Crippen LogP contribution in [0.15, 0.2) is 0 Å². The Morgan fingerprint density at radius 2 is 1.90 bits per heavy atom. The summed E-state index contributed by atoms with van der Waals surface area (Å²) in [7, 11) is 0. The molecule has 1 heterocycles. The van der Waals surface area contributed by atoms with Gasteiger partial charge in [-0.1, -0.05) is 0 Å². The van der Waals surface area contributed by atoms with E-state index in [9.17, 15) is 9.59 Å². The van der Waals surface area contributed by atoms with Gasteiger partial charge in [-0.2, -0.15) is 0 Å². The monoisotopic (exact) mass is 286 g/mol. The number of carbonyl (C=O) groups excluding carboxylic acids is 1. The van der Waals surface area contributed by atoms with E-state index in [0.717, 1.165) is 12.8 Å². The van der Waals surface area contributed by atoms with Crippen molar-refractivity contribution in [2.75, 3.05) is 26.2 Å². The smallest absolute Gasteiger partial charge is 0.305 e. The second-order valence-electron chi connectivity index (χ2n) is 6.20. The van der Waals surface area contributed by atoms with Crippen molar-refractivity contribution >= 4 is 11.9 Å². The minimum Gasteiger partial charge on any atom is -0.481 e. The van der Waals surface area contributed by atoms with Gasteiger partial charge >= 0.3 is 5.97 Å². The summed E-state index contributed by atoms with van der Waals surface area (Å²) in [5.74, 6) is -0.727. The van der Waals surface area contributed by atoms with Crippen LogP contribution in [0.4, 0.5) is 0 Å². The van der Waals surface area contributed by atoms with Gasteiger partial charge in [0.05, 0.1) is 25.7 Å². The molecule has 0 aromatic heterocycles. The summed E-state index contributed by atoms with van der Waals surface area (Å²) in [6.45, 7) is 8.06. The van der Waals surface area contributed by atoms with E-state index < -0.39 is 5.97 Å². The van der Waals surface area contributed by atoms with Gasteiger partial charge in [0.25, 0.3) is 0 Å². The Morgan fingerprint density at radius 1 is 1.30 bits per heavy atom. The SMILES string of the molecule is CC(C)(C)NCC(=O)N1CCC(OCCC(=O)O)CC1. The zero-order valence-corrected chi connectivity index (χ0v) is 12.6. The molecule has 1 aliphatic heterocycles. The van der Waals surface area contributed by atoms with Gasteiger partial charge in [0.1, 0.15) is 0 Å². The topological polar surface area (TPSA) is 78.9 Å². The predicted molar refractivity (Wildman–Crippen MR) is 75.6 cm³/mol. The third-order valence-corrected chi connectivity index (χ3v) is 3.23. The molecule has 1 amide bonds. The third-order valence-electron chi connectivity index (χ3n) is 3.23. The number of ether oxygens (including phenoxy) is 1. The number of carboxylic acid groups (broad SMARTS) is 1. The summed E-state index contributed by atoms with van der Waals surface area (Å²) in [5, 5.41) is 11.7. The Balaban J connectivity index is 2.21. The van der Waals surface area contributed by atoms with Crippen LogP contribution in [0.2, 0.25) is 0 Å². The molecular weight excluding hydrogens is 260 g/mol. The molecule has 0 bridgehead atoms. The van der Waals surface area contributed by atoms with E-state index in [-0.39, 0.29) is 30.6 Å². The highest BCUT2D eigenvalue weighted by atomic mass is 16.5. The van der Waals surface area contributed by atoms with Crippen molar-refractivity contribution in [3.8, 4) is 0 Å². The number of nitrogens with one attached hydrogen (secondary N) is 1. The normalized spacial score (nSPS) is 17.2. The maximum absolute atomic E-state index is 12.0. The van der Waals surface area contributed by atoms with Crippen LogP contribution < -0.4 is 5.32 Å². The van der Waals surface area contributed by atoms with E-state index in [1.165, 1.54) is 0 Å². The third kappa shape index (κ3) is 6.86. The van der Waals surface area contributed by atoms with Crippen molar-refractivity contribution < 1.29 is 19.4 Å². The molecule has 1 fully saturated rings. The molecule has 0 aromatic rings. The first-order chi connectivity index (χ1) is 9.28. The maximum Gasteiger partial charge on any atom is 0.305 e. The maximum atomic E-state index is 12.0. The average Bonchev–Trinajstić information content (AvgIpc) is 2.35. The van der Waals surface area contributed by atoms with Crippen molar-refractivity contribution in [1.29, 1.82) is 0 Å². The van der Waals surface area contributed by atoms with Gasteiger partial charge < -0.3 is 20.1 Å². The van der Waals surface area contributed by atoms with Crippen LogP contribution in [0.1, 0.15) is 40.0 Å². The summed E-state index contributed by atoms with van der Waals surface area (Å²) in [6, 6.07) is 0. The van der Waals surface area contributed by atoms with Gasteiger partial charge in [-0.05, 0) is 33.6 Å². The fourth-order valence-electron chi connectivity index (χ4n) is 2.04. The highest BCUT2D eigenvalue weighted by Gasteiger charge is 2.23. The fourth-order valence-corrected chi connectivity index (χ4v) is 2.04. The van der Waals surface area contributed by atoms with Gasteiger partial charge in [0, 0.05) is 18.6 Å². The number of likely N-dealkylation sites (tertiary alicyclic amines) is 1. The van der Waals surface area contributed by atoms with Crippen LogP contribution in [-0.4, -0.2) is 59.8 Å². The number of carbonyl (C=O) groups is 2. The number of carboxylic acids is 1. The highest BCUT2D eigenvalue weighted by Crippen LogP contribution is 2.14. The molecule has 20 heavy (non-hydrogen) atoms. The Labute approximate surface area is 120 Å². The summed E-state index contributed by atoms with van der Waals surface area (Å²) in [6.07, 6.45) is 1.67. The second-order valence-corrected chi connectivity index (χ2v) is 6.20. The van der Waals surface area contributed by atoms with E-state index >= 15 is 0 Å². The molecule has 116 valence electrons. The molecule has 0 aliphatic carbocycles. The van der Waals surface area contributed by atoms with Gasteiger partial charge in [-0.3, -0.25) is 9.59 Å². The van der Waals surface area contributed by atoms with E-state index in [4.69, 9.17) is 9.84 Å². The molecule has 0 radical (unpaired) electrons. The number of piperidine rings is 1. The summed E-state index contributed by atoms with van der Waals surface area (Å²) < 4.78 is 5.50. The highest BCUT2D eigenvalue weighted by molar-refractivity contribution is 5.78. The lowest BCUT2D eigenvalue weighted by molar-refractivity contribution is -0.139. The lowest BCUT2D eigenvalue weighted by Gasteiger charge is -2.33. The Hall–Kier alpha value is -1.14. The van der Waals surface area contributed by atoms with Crippen LogP contribution in [0.5, 0.6) is 0 Å². The van der Waals surface area contributed by atoms with Crippen molar-refractivity contribution in [3.05, 3.63) is 0 Å². The molecule has 1 saturated heterocycles. The molecule has 1 aliphatic rings. The molecule has 0 atom stereocenters. The standard InChI is InChI=1S/C14H26N2O4/c1-14(2,3)15-10-12(17)16-7-4-11(5-8-16)20-9-6-13(18)19/h11,15H,4-10H2,1-3H3,(H,18,19). The average molecular weight is 286 g/mol. The summed E-state index contributed by atoms with van der Waals surface area (Å²) >= 11 is 0. The second kappa shape index (κ2) is 7.59. The lowest BCUT2D eigenvalue weighted by Crippen LogP contribution is -2.48. The molecule has 1 rings (SSSR count). The molecule has 0 saturated carbocycles. The van der Waals surface area contributed by atoms with Crippen molar-refractivity contribution in [3.63, 3.8) is 0 Å². The molecule has 6 heteroatoms. The number of nitrogens with zero attached hydrogens (tertiary/aromatic N) is 1. The first-order valence-electron chi connectivity index (χ1n) is 7.14. The first kappa shape index (κ1) is 16.9. The molecule has 2 N–H and O–H groups in total. The van der Waals surface area contributed by atoms with Crippen LogP contribution in [0, 0.1) is 0 Å². The first-order valence-corrected chi connectivity index (χ1v) is 7.14. The molecular formula is C14H26N2O4. The molecule has 0 spiro atoms. The van der Waals surface area contributed by atoms with Gasteiger partial charge in [0.2, 0.25) is 5.91 Å². The van der Waals surface area contributed by atoms with Crippen molar-refractivity contribution in [2.45, 2.75) is 51.7 Å². The van der Waals surface area contributed by atoms with Crippen molar-refractivity contribution in [1.82, 2.24) is 10.2 Å². The van der Waals surface area contributed by atoms with E-state index in [1.54, 1.807) is 0 Å². The largest absolute Gasteiger partial charge is 0.481 e. The van der Waals surface area contributed by atoms with Crippen LogP contribution >= 0.6 is 0 Å². The molecule has 6 nitrogen and oxygen atoms in total. The van der Waals surface area contributed by atoms with E-state index in [2.05, 4.69) is 5.32 Å². The summed E-state index contributed by atoms with van der Waals surface area (Å²) in [5.41, 5.74) is -0.0616. The van der Waals surface area contributed by atoms with E-state index in [1.807, 2.05) is 25.7 Å². The number of hydrogen-bond donors (Lipinski definition) is 2. The number of hydrogen-bond acceptors (Lipinski definition) is 4. The van der Waals surface area contributed by atoms with Gasteiger partial charge in [0.15, 0.2) is 0 Å². The predicted octanol–water partition coefficient (Wildman–Crippen LogP) is 0.857. The van der Waals surface area contributed by atoms with Crippen LogP contribution in [0.3, 0.4) is 0 Å². The summed E-state index contributed by atoms with van der Waals surface area (Å²) in [4.78, 5) is 24.2. The molecule has 0 unspecified atom stereocenters. The van der Waals surface area contributed by atoms with Crippen LogP contribution in [0.25, 0.3) is 0 Å². The molecule has 0 aromatic carbocycles. The minimum absolute atomic E-state index is 0.0364. The van der Waals surface area contributed by atoms with Gasteiger partial charge in [-0.25, -0.2) is 0 Å². The quantitative estimate of drug-likeness (QED) is 0.757. The Kier molecular flexibility index (Phi) is 6.42. The Bertz CT molecular complexity index is 331.